The summed E-state index contributed by atoms with van der Waals surface area (Å²) in [6, 6.07) is 8.85. The lowest BCUT2D eigenvalue weighted by molar-refractivity contribution is -0.147. The summed E-state index contributed by atoms with van der Waals surface area (Å²) in [7, 11) is 0. The number of rotatable bonds is 4. The zero-order chi connectivity index (χ0) is 19.7. The van der Waals surface area contributed by atoms with Gasteiger partial charge in [0.05, 0.1) is 5.88 Å². The molecule has 1 saturated heterocycles. The van der Waals surface area contributed by atoms with Gasteiger partial charge in [0.15, 0.2) is 0 Å². The van der Waals surface area contributed by atoms with Crippen LogP contribution in [0.3, 0.4) is 0 Å². The summed E-state index contributed by atoms with van der Waals surface area (Å²) >= 11 is 1.56. The number of amides is 2. The fourth-order valence-electron chi connectivity index (χ4n) is 3.17. The molecule has 0 bridgehead atoms. The smallest absolute Gasteiger partial charge is 0.253 e. The molecule has 0 aromatic heterocycles. The van der Waals surface area contributed by atoms with E-state index in [1.807, 2.05) is 71.9 Å². The van der Waals surface area contributed by atoms with E-state index < -0.39 is 22.8 Å². The molecular weight excluding hydrogens is 348 g/mol. The molecule has 3 unspecified atom stereocenters. The molecule has 2 amide bonds. The molecule has 6 heteroatoms. The van der Waals surface area contributed by atoms with E-state index >= 15 is 0 Å². The lowest BCUT2D eigenvalue weighted by Gasteiger charge is -2.34. The number of hydrogen-bond acceptors (Lipinski definition) is 4. The average molecular weight is 379 g/mol. The van der Waals surface area contributed by atoms with Gasteiger partial charge in [0.2, 0.25) is 5.91 Å². The highest BCUT2D eigenvalue weighted by molar-refractivity contribution is 8.00. The quantitative estimate of drug-likeness (QED) is 0.845. The summed E-state index contributed by atoms with van der Waals surface area (Å²) in [6.45, 7) is 11.5. The van der Waals surface area contributed by atoms with Crippen molar-refractivity contribution in [2.24, 2.45) is 0 Å². The largest absolute Gasteiger partial charge is 0.383 e. The van der Waals surface area contributed by atoms with E-state index in [4.69, 9.17) is 0 Å². The van der Waals surface area contributed by atoms with Crippen LogP contribution in [-0.4, -0.2) is 50.1 Å². The zero-order valence-corrected chi connectivity index (χ0v) is 17.3. The SMILES string of the molecule is CC(c1ccccc1)C(O)C(=O)N1CSC(C)(C)C1C(=O)NC(C)(C)C. The average Bonchev–Trinajstić information content (AvgIpc) is 2.87. The molecule has 0 saturated carbocycles. The first-order chi connectivity index (χ1) is 11.9. The first kappa shape index (κ1) is 20.8. The van der Waals surface area contributed by atoms with E-state index in [1.165, 1.54) is 4.90 Å². The number of thioether (sulfide) groups is 1. The number of aliphatic hydroxyl groups is 1. The number of benzene rings is 1. The predicted octanol–water partition coefficient (Wildman–Crippen LogP) is 2.75. The molecule has 1 fully saturated rings. The Balaban J connectivity index is 2.21. The minimum Gasteiger partial charge on any atom is -0.383 e. The second kappa shape index (κ2) is 7.61. The van der Waals surface area contributed by atoms with Gasteiger partial charge < -0.3 is 15.3 Å². The summed E-state index contributed by atoms with van der Waals surface area (Å²) in [5, 5.41) is 13.6. The van der Waals surface area contributed by atoms with Crippen LogP contribution in [0.25, 0.3) is 0 Å². The molecule has 0 spiro atoms. The third-order valence-corrected chi connectivity index (χ3v) is 6.00. The van der Waals surface area contributed by atoms with Crippen LogP contribution >= 0.6 is 11.8 Å². The molecule has 2 N–H and O–H groups in total. The van der Waals surface area contributed by atoms with Crippen LogP contribution < -0.4 is 5.32 Å². The number of nitrogens with zero attached hydrogens (tertiary/aromatic N) is 1. The topological polar surface area (TPSA) is 69.6 Å². The van der Waals surface area contributed by atoms with E-state index in [1.54, 1.807) is 11.8 Å². The number of hydrogen-bond donors (Lipinski definition) is 2. The molecule has 0 aliphatic carbocycles. The molecule has 2 rings (SSSR count). The standard InChI is InChI=1S/C20H30N2O3S/c1-13(14-10-8-7-9-11-14)15(23)18(25)22-12-26-20(5,6)16(22)17(24)21-19(2,3)4/h7-11,13,15-16,23H,12H2,1-6H3,(H,21,24). The Morgan fingerprint density at radius 1 is 1.27 bits per heavy atom. The zero-order valence-electron chi connectivity index (χ0n) is 16.4. The van der Waals surface area contributed by atoms with Crippen LogP contribution in [0, 0.1) is 0 Å². The van der Waals surface area contributed by atoms with Gasteiger partial charge in [-0.15, -0.1) is 11.8 Å². The van der Waals surface area contributed by atoms with E-state index in [-0.39, 0.29) is 17.4 Å². The van der Waals surface area contributed by atoms with E-state index in [0.717, 1.165) is 5.56 Å². The van der Waals surface area contributed by atoms with Crippen LogP contribution in [0.4, 0.5) is 0 Å². The Kier molecular flexibility index (Phi) is 6.08. The third kappa shape index (κ3) is 4.60. The van der Waals surface area contributed by atoms with Crippen molar-refractivity contribution >= 4 is 23.6 Å². The molecule has 1 aliphatic heterocycles. The Morgan fingerprint density at radius 2 is 1.85 bits per heavy atom. The number of carbonyl (C=O) groups is 2. The molecule has 3 atom stereocenters. The second-order valence-corrected chi connectivity index (χ2v) is 10.1. The molecule has 1 aromatic carbocycles. The van der Waals surface area contributed by atoms with Crippen molar-refractivity contribution in [1.82, 2.24) is 10.2 Å². The Labute approximate surface area is 160 Å². The van der Waals surface area contributed by atoms with Gasteiger partial charge in [-0.05, 0) is 40.2 Å². The van der Waals surface area contributed by atoms with Crippen molar-refractivity contribution in [3.63, 3.8) is 0 Å². The third-order valence-electron chi connectivity index (χ3n) is 4.63. The lowest BCUT2D eigenvalue weighted by atomic mass is 9.93. The van der Waals surface area contributed by atoms with Crippen LogP contribution in [0.5, 0.6) is 0 Å². The van der Waals surface area contributed by atoms with Crippen molar-refractivity contribution in [3.8, 4) is 0 Å². The summed E-state index contributed by atoms with van der Waals surface area (Å²) in [5.41, 5.74) is 0.514. The molecule has 1 aliphatic rings. The maximum atomic E-state index is 13.0. The summed E-state index contributed by atoms with van der Waals surface area (Å²) in [4.78, 5) is 27.4. The second-order valence-electron chi connectivity index (χ2n) is 8.47. The van der Waals surface area contributed by atoms with Crippen LogP contribution in [0.2, 0.25) is 0 Å². The van der Waals surface area contributed by atoms with Gasteiger partial charge in [0, 0.05) is 16.2 Å². The van der Waals surface area contributed by atoms with Crippen molar-refractivity contribution < 1.29 is 14.7 Å². The van der Waals surface area contributed by atoms with Crippen LogP contribution in [0.1, 0.15) is 53.0 Å². The first-order valence-corrected chi connectivity index (χ1v) is 9.92. The molecular formula is C20H30N2O3S. The van der Waals surface area contributed by atoms with Gasteiger partial charge >= 0.3 is 0 Å². The molecule has 26 heavy (non-hydrogen) atoms. The minimum atomic E-state index is -1.18. The highest BCUT2D eigenvalue weighted by Crippen LogP contribution is 2.40. The Bertz CT molecular complexity index is 655. The Morgan fingerprint density at radius 3 is 2.38 bits per heavy atom. The number of carbonyl (C=O) groups excluding carboxylic acids is 2. The van der Waals surface area contributed by atoms with Gasteiger partial charge in [-0.25, -0.2) is 0 Å². The number of nitrogens with one attached hydrogen (secondary N) is 1. The van der Waals surface area contributed by atoms with Gasteiger partial charge in [-0.1, -0.05) is 37.3 Å². The highest BCUT2D eigenvalue weighted by Gasteiger charge is 2.49. The van der Waals surface area contributed by atoms with Crippen LogP contribution in [0.15, 0.2) is 30.3 Å². The van der Waals surface area contributed by atoms with Gasteiger partial charge in [0.1, 0.15) is 12.1 Å². The van der Waals surface area contributed by atoms with Crippen molar-refractivity contribution in [2.75, 3.05) is 5.88 Å². The fourth-order valence-corrected chi connectivity index (χ4v) is 4.31. The summed E-state index contributed by atoms with van der Waals surface area (Å²) in [5.74, 6) is -0.523. The normalized spacial score (nSPS) is 22.0. The minimum absolute atomic E-state index is 0.180. The van der Waals surface area contributed by atoms with Crippen molar-refractivity contribution in [2.45, 2.75) is 69.9 Å². The van der Waals surface area contributed by atoms with Crippen LogP contribution in [-0.2, 0) is 9.59 Å². The molecule has 1 aromatic rings. The fraction of sp³-hybridized carbons (Fsp3) is 0.600. The summed E-state index contributed by atoms with van der Waals surface area (Å²) < 4.78 is -0.416. The van der Waals surface area contributed by atoms with E-state index in [9.17, 15) is 14.7 Å². The Hall–Kier alpha value is -1.53. The molecule has 1 heterocycles. The molecule has 144 valence electrons. The lowest BCUT2D eigenvalue weighted by Crippen LogP contribution is -2.58. The summed E-state index contributed by atoms with van der Waals surface area (Å²) in [6.07, 6.45) is -1.18. The monoisotopic (exact) mass is 378 g/mol. The molecule has 0 radical (unpaired) electrons. The van der Waals surface area contributed by atoms with E-state index in [2.05, 4.69) is 5.32 Å². The van der Waals surface area contributed by atoms with Crippen molar-refractivity contribution in [1.29, 1.82) is 0 Å². The van der Waals surface area contributed by atoms with Gasteiger partial charge in [0.25, 0.3) is 5.91 Å². The van der Waals surface area contributed by atoms with Gasteiger partial charge in [-0.3, -0.25) is 9.59 Å². The van der Waals surface area contributed by atoms with E-state index in [0.29, 0.717) is 5.88 Å². The maximum Gasteiger partial charge on any atom is 0.253 e. The predicted molar refractivity (Wildman–Crippen MR) is 106 cm³/mol. The maximum absolute atomic E-state index is 13.0. The number of aliphatic hydroxyl groups excluding tert-OH is 1. The van der Waals surface area contributed by atoms with Gasteiger partial charge in [-0.2, -0.15) is 0 Å². The highest BCUT2D eigenvalue weighted by atomic mass is 32.2. The van der Waals surface area contributed by atoms with Crippen molar-refractivity contribution in [3.05, 3.63) is 35.9 Å². The molecule has 5 nitrogen and oxygen atoms in total. The first-order valence-electron chi connectivity index (χ1n) is 8.93.